The lowest BCUT2D eigenvalue weighted by molar-refractivity contribution is 0.0658. The van der Waals surface area contributed by atoms with Crippen LogP contribution in [0.4, 0.5) is 0 Å². The zero-order valence-electron chi connectivity index (χ0n) is 15.7. The van der Waals surface area contributed by atoms with Gasteiger partial charge in [0.15, 0.2) is 5.65 Å². The number of pyridine rings is 1. The monoisotopic (exact) mass is 377 g/mol. The first kappa shape index (κ1) is 17.2. The van der Waals surface area contributed by atoms with E-state index in [4.69, 9.17) is 4.74 Å². The number of carbonyl (C=O) groups is 1. The smallest absolute Gasteiger partial charge is 0.255 e. The van der Waals surface area contributed by atoms with Crippen LogP contribution in [0.3, 0.4) is 0 Å². The Morgan fingerprint density at radius 3 is 2.75 bits per heavy atom. The minimum Gasteiger partial charge on any atom is -0.476 e. The molecule has 7 heteroatoms. The fourth-order valence-corrected chi connectivity index (χ4v) is 3.71. The van der Waals surface area contributed by atoms with Crippen molar-refractivity contribution in [2.24, 2.45) is 5.92 Å². The van der Waals surface area contributed by atoms with Gasteiger partial charge < -0.3 is 9.64 Å². The molecule has 0 atom stereocenters. The second-order valence-electron chi connectivity index (χ2n) is 7.70. The molecule has 2 fully saturated rings. The number of hydrogen-bond acceptors (Lipinski definition) is 5. The Labute approximate surface area is 163 Å². The lowest BCUT2D eigenvalue weighted by atomic mass is 9.97. The molecular formula is C21H23N5O2. The summed E-state index contributed by atoms with van der Waals surface area (Å²) >= 11 is 0. The summed E-state index contributed by atoms with van der Waals surface area (Å²) in [5, 5.41) is 4.53. The number of carbonyl (C=O) groups excluding carboxylic acids is 1. The van der Waals surface area contributed by atoms with E-state index in [9.17, 15) is 4.79 Å². The van der Waals surface area contributed by atoms with Crippen molar-refractivity contribution in [3.8, 4) is 5.88 Å². The van der Waals surface area contributed by atoms with E-state index in [1.54, 1.807) is 18.5 Å². The van der Waals surface area contributed by atoms with Crippen molar-refractivity contribution in [2.45, 2.75) is 31.6 Å². The topological polar surface area (TPSA) is 72.6 Å². The first-order chi connectivity index (χ1) is 13.8. The summed E-state index contributed by atoms with van der Waals surface area (Å²) in [6.45, 7) is 2.12. The number of nitrogens with zero attached hydrogens (tertiary/aromatic N) is 5. The molecule has 5 rings (SSSR count). The number of ether oxygens (including phenoxy) is 1. The highest BCUT2D eigenvalue weighted by atomic mass is 16.5. The summed E-state index contributed by atoms with van der Waals surface area (Å²) in [7, 11) is 0. The lowest BCUT2D eigenvalue weighted by Gasteiger charge is -2.31. The van der Waals surface area contributed by atoms with Crippen molar-refractivity contribution in [2.75, 3.05) is 19.7 Å². The number of hydrogen-bond donors (Lipinski definition) is 0. The van der Waals surface area contributed by atoms with E-state index in [1.165, 1.54) is 12.8 Å². The fraction of sp³-hybridized carbons (Fsp3) is 0.429. The second-order valence-corrected chi connectivity index (χ2v) is 7.70. The average molecular weight is 377 g/mol. The van der Waals surface area contributed by atoms with E-state index in [0.717, 1.165) is 37.3 Å². The van der Waals surface area contributed by atoms with Gasteiger partial charge in [0.2, 0.25) is 5.88 Å². The van der Waals surface area contributed by atoms with Gasteiger partial charge in [-0.3, -0.25) is 9.78 Å². The van der Waals surface area contributed by atoms with Crippen LogP contribution >= 0.6 is 0 Å². The normalized spacial score (nSPS) is 17.8. The summed E-state index contributed by atoms with van der Waals surface area (Å²) in [5.74, 6) is 1.73. The van der Waals surface area contributed by atoms with Gasteiger partial charge in [0.1, 0.15) is 0 Å². The van der Waals surface area contributed by atoms with Gasteiger partial charge in [-0.25, -0.2) is 9.50 Å². The van der Waals surface area contributed by atoms with Gasteiger partial charge >= 0.3 is 0 Å². The van der Waals surface area contributed by atoms with Gasteiger partial charge in [-0.05, 0) is 49.8 Å². The quantitative estimate of drug-likeness (QED) is 0.684. The number of imidazole rings is 1. The van der Waals surface area contributed by atoms with Gasteiger partial charge in [0.25, 0.3) is 5.91 Å². The van der Waals surface area contributed by atoms with Crippen LogP contribution in [0.1, 0.15) is 47.7 Å². The second kappa shape index (κ2) is 7.22. The third-order valence-corrected chi connectivity index (χ3v) is 5.59. The minimum absolute atomic E-state index is 0.0613. The van der Waals surface area contributed by atoms with Crippen molar-refractivity contribution >= 4 is 11.6 Å². The van der Waals surface area contributed by atoms with Gasteiger partial charge in [-0.1, -0.05) is 0 Å². The highest BCUT2D eigenvalue weighted by Gasteiger charge is 2.27. The van der Waals surface area contributed by atoms with Crippen molar-refractivity contribution < 1.29 is 9.53 Å². The Balaban J connectivity index is 1.15. The predicted octanol–water partition coefficient (Wildman–Crippen LogP) is 2.93. The number of amides is 1. The SMILES string of the molecule is O=C(c1cccnc1)N1CCC(COc2ccc3nc(C4CC4)cn3n2)CC1. The molecule has 1 aliphatic carbocycles. The largest absolute Gasteiger partial charge is 0.476 e. The van der Waals surface area contributed by atoms with E-state index in [2.05, 4.69) is 15.1 Å². The molecule has 1 saturated carbocycles. The number of fused-ring (bicyclic) bond motifs is 1. The van der Waals surface area contributed by atoms with E-state index in [1.807, 2.05) is 33.8 Å². The molecule has 4 heterocycles. The highest BCUT2D eigenvalue weighted by Crippen LogP contribution is 2.39. The number of aromatic nitrogens is 4. The standard InChI is InChI=1S/C21H23N5O2/c27-21(17-2-1-9-22-12-17)25-10-7-15(8-11-25)14-28-20-6-5-19-23-18(16-3-4-16)13-26(19)24-20/h1-2,5-6,9,12-13,15-16H,3-4,7-8,10-11,14H2. The fourth-order valence-electron chi connectivity index (χ4n) is 3.71. The number of piperidine rings is 1. The number of likely N-dealkylation sites (tertiary alicyclic amines) is 1. The molecule has 0 spiro atoms. The molecule has 1 aliphatic heterocycles. The Hall–Kier alpha value is -2.96. The first-order valence-electron chi connectivity index (χ1n) is 9.95. The van der Waals surface area contributed by atoms with E-state index in [0.29, 0.717) is 29.9 Å². The third kappa shape index (κ3) is 3.56. The van der Waals surface area contributed by atoms with Gasteiger partial charge in [-0.15, -0.1) is 5.10 Å². The van der Waals surface area contributed by atoms with Crippen molar-refractivity contribution in [3.05, 3.63) is 54.1 Å². The third-order valence-electron chi connectivity index (χ3n) is 5.59. The summed E-state index contributed by atoms with van der Waals surface area (Å²) in [5.41, 5.74) is 2.66. The Morgan fingerprint density at radius 1 is 1.14 bits per heavy atom. The summed E-state index contributed by atoms with van der Waals surface area (Å²) in [4.78, 5) is 23.1. The van der Waals surface area contributed by atoms with Crippen molar-refractivity contribution in [1.29, 1.82) is 0 Å². The summed E-state index contributed by atoms with van der Waals surface area (Å²) < 4.78 is 7.76. The molecule has 3 aromatic heterocycles. The molecule has 1 amide bonds. The van der Waals surface area contributed by atoms with Crippen LogP contribution in [0.5, 0.6) is 5.88 Å². The van der Waals surface area contributed by atoms with E-state index in [-0.39, 0.29) is 5.91 Å². The van der Waals surface area contributed by atoms with E-state index >= 15 is 0 Å². The van der Waals surface area contributed by atoms with E-state index < -0.39 is 0 Å². The molecule has 2 aliphatic rings. The van der Waals surface area contributed by atoms with Crippen LogP contribution in [0.25, 0.3) is 5.65 Å². The Morgan fingerprint density at radius 2 is 2.00 bits per heavy atom. The molecule has 7 nitrogen and oxygen atoms in total. The molecular weight excluding hydrogens is 354 g/mol. The molecule has 0 aromatic carbocycles. The highest BCUT2D eigenvalue weighted by molar-refractivity contribution is 5.93. The van der Waals surface area contributed by atoms with Gasteiger partial charge in [-0.2, -0.15) is 0 Å². The van der Waals surface area contributed by atoms with Crippen LogP contribution in [-0.2, 0) is 0 Å². The maximum Gasteiger partial charge on any atom is 0.255 e. The molecule has 3 aromatic rings. The van der Waals surface area contributed by atoms with Gasteiger partial charge in [0, 0.05) is 37.5 Å². The zero-order valence-corrected chi connectivity index (χ0v) is 15.7. The van der Waals surface area contributed by atoms with Crippen LogP contribution in [0.2, 0.25) is 0 Å². The number of rotatable bonds is 5. The predicted molar refractivity (Wildman–Crippen MR) is 103 cm³/mol. The Kier molecular flexibility index (Phi) is 4.43. The average Bonchev–Trinajstić information content (AvgIpc) is 3.52. The Bertz CT molecular complexity index is 975. The molecule has 0 radical (unpaired) electrons. The molecule has 0 bridgehead atoms. The zero-order chi connectivity index (χ0) is 18.9. The maximum atomic E-state index is 12.5. The minimum atomic E-state index is 0.0613. The van der Waals surface area contributed by atoms with Crippen LogP contribution in [0.15, 0.2) is 42.9 Å². The molecule has 144 valence electrons. The van der Waals surface area contributed by atoms with Crippen LogP contribution < -0.4 is 4.74 Å². The summed E-state index contributed by atoms with van der Waals surface area (Å²) in [6, 6.07) is 7.46. The first-order valence-corrected chi connectivity index (χ1v) is 9.95. The van der Waals surface area contributed by atoms with Crippen molar-refractivity contribution in [3.63, 3.8) is 0 Å². The van der Waals surface area contributed by atoms with Crippen LogP contribution in [0, 0.1) is 5.92 Å². The van der Waals surface area contributed by atoms with Crippen molar-refractivity contribution in [1.82, 2.24) is 24.5 Å². The summed E-state index contributed by atoms with van der Waals surface area (Å²) in [6.07, 6.45) is 9.66. The molecule has 0 N–H and O–H groups in total. The molecule has 28 heavy (non-hydrogen) atoms. The van der Waals surface area contributed by atoms with Crippen LogP contribution in [-0.4, -0.2) is 50.1 Å². The van der Waals surface area contributed by atoms with Gasteiger partial charge in [0.05, 0.1) is 24.1 Å². The molecule has 0 unspecified atom stereocenters. The molecule has 1 saturated heterocycles. The lowest BCUT2D eigenvalue weighted by Crippen LogP contribution is -2.39. The maximum absolute atomic E-state index is 12.5.